The first-order valence-corrected chi connectivity index (χ1v) is 3.30. The molecule has 0 unspecified atom stereocenters. The molecule has 1 aliphatic rings. The van der Waals surface area contributed by atoms with Gasteiger partial charge in [-0.25, -0.2) is 0 Å². The van der Waals surface area contributed by atoms with Crippen LogP contribution in [0.3, 0.4) is 0 Å². The molecule has 0 radical (unpaired) electrons. The fraction of sp³-hybridized carbons (Fsp3) is 1.00. The summed E-state index contributed by atoms with van der Waals surface area (Å²) < 4.78 is 4.54. The van der Waals surface area contributed by atoms with E-state index in [1.54, 1.807) is 0 Å². The molecule has 1 aliphatic carbocycles. The number of hydrogen-bond acceptors (Lipinski definition) is 3. The van der Waals surface area contributed by atoms with Crippen LogP contribution in [-0.2, 0) is 4.52 Å². The van der Waals surface area contributed by atoms with Gasteiger partial charge in [-0.3, -0.25) is 0 Å². The van der Waals surface area contributed by atoms with Crippen LogP contribution in [0.4, 0.5) is 0 Å². The summed E-state index contributed by atoms with van der Waals surface area (Å²) in [4.78, 5) is 16.3. The quantitative estimate of drug-likeness (QED) is 0.520. The van der Waals surface area contributed by atoms with Crippen molar-refractivity contribution in [1.29, 1.82) is 0 Å². The molecule has 2 N–H and O–H groups in total. The minimum Gasteiger partial charge on any atom is -0.328 e. The lowest BCUT2D eigenvalue weighted by Gasteiger charge is -1.97. The topological polar surface area (TPSA) is 49.7 Å². The van der Waals surface area contributed by atoms with E-state index in [1.807, 2.05) is 0 Å². The van der Waals surface area contributed by atoms with Gasteiger partial charge in [-0.2, -0.15) is 0 Å². The summed E-state index contributed by atoms with van der Waals surface area (Å²) >= 11 is 0. The molecule has 7 heavy (non-hydrogen) atoms. The predicted octanol–water partition coefficient (Wildman–Crippen LogP) is 0.377. The van der Waals surface area contributed by atoms with E-state index >= 15 is 0 Å². The van der Waals surface area contributed by atoms with Crippen molar-refractivity contribution in [2.45, 2.75) is 18.9 Å². The third-order valence-corrected chi connectivity index (χ3v) is 1.25. The van der Waals surface area contributed by atoms with Crippen LogP contribution in [0.5, 0.6) is 0 Å². The molecular formula is C3H7O3P. The molecule has 1 rings (SSSR count). The molecule has 0 atom stereocenters. The van der Waals surface area contributed by atoms with Crippen LogP contribution in [-0.4, -0.2) is 15.9 Å². The molecule has 0 heterocycles. The molecule has 0 spiro atoms. The molecular weight excluding hydrogens is 115 g/mol. The van der Waals surface area contributed by atoms with Crippen molar-refractivity contribution in [3.05, 3.63) is 0 Å². The molecule has 0 amide bonds. The van der Waals surface area contributed by atoms with Gasteiger partial charge in [0.15, 0.2) is 0 Å². The highest BCUT2D eigenvalue weighted by Gasteiger charge is 2.25. The zero-order valence-electron chi connectivity index (χ0n) is 3.74. The van der Waals surface area contributed by atoms with Crippen LogP contribution in [0.15, 0.2) is 0 Å². The molecule has 0 aromatic carbocycles. The summed E-state index contributed by atoms with van der Waals surface area (Å²) in [7, 11) is -2.08. The highest BCUT2D eigenvalue weighted by molar-refractivity contribution is 7.39. The first kappa shape index (κ1) is 5.45. The molecule has 42 valence electrons. The van der Waals surface area contributed by atoms with Gasteiger partial charge in [0.1, 0.15) is 0 Å². The third kappa shape index (κ3) is 2.19. The van der Waals surface area contributed by atoms with Crippen LogP contribution in [0.1, 0.15) is 12.8 Å². The SMILES string of the molecule is OP(O)OC1CC1. The summed E-state index contributed by atoms with van der Waals surface area (Å²) in [5.74, 6) is 0. The van der Waals surface area contributed by atoms with E-state index < -0.39 is 8.60 Å². The van der Waals surface area contributed by atoms with Crippen molar-refractivity contribution in [2.75, 3.05) is 0 Å². The van der Waals surface area contributed by atoms with Gasteiger partial charge in [0.05, 0.1) is 6.10 Å². The first-order valence-electron chi connectivity index (χ1n) is 2.13. The molecule has 0 aliphatic heterocycles. The summed E-state index contributed by atoms with van der Waals surface area (Å²) in [6.07, 6.45) is 2.13. The lowest BCUT2D eigenvalue weighted by atomic mass is 10.9. The highest BCUT2D eigenvalue weighted by Crippen LogP contribution is 2.36. The Labute approximate surface area is 42.9 Å². The van der Waals surface area contributed by atoms with Gasteiger partial charge >= 0.3 is 8.60 Å². The second kappa shape index (κ2) is 2.05. The monoisotopic (exact) mass is 122 g/mol. The Morgan fingerprint density at radius 3 is 2.14 bits per heavy atom. The number of hydrogen-bond donors (Lipinski definition) is 2. The average Bonchev–Trinajstić information content (AvgIpc) is 2.17. The third-order valence-electron chi connectivity index (χ3n) is 0.768. The zero-order chi connectivity index (χ0) is 5.28. The smallest absolute Gasteiger partial charge is 0.327 e. The van der Waals surface area contributed by atoms with Gasteiger partial charge < -0.3 is 14.3 Å². The summed E-state index contributed by atoms with van der Waals surface area (Å²) in [6.45, 7) is 0. The molecule has 3 nitrogen and oxygen atoms in total. The minimum absolute atomic E-state index is 0.154. The van der Waals surface area contributed by atoms with Crippen LogP contribution < -0.4 is 0 Å². The molecule has 4 heteroatoms. The first-order chi connectivity index (χ1) is 3.29. The Balaban J connectivity index is 1.97. The van der Waals surface area contributed by atoms with E-state index in [4.69, 9.17) is 9.79 Å². The second-order valence-electron chi connectivity index (χ2n) is 1.56. The normalized spacial score (nSPS) is 21.0. The van der Waals surface area contributed by atoms with Gasteiger partial charge in [-0.1, -0.05) is 0 Å². The van der Waals surface area contributed by atoms with Gasteiger partial charge in [-0.15, -0.1) is 0 Å². The van der Waals surface area contributed by atoms with Gasteiger partial charge in [0, 0.05) is 0 Å². The Kier molecular flexibility index (Phi) is 1.60. The van der Waals surface area contributed by atoms with E-state index in [9.17, 15) is 0 Å². The molecule has 1 saturated carbocycles. The Hall–Kier alpha value is 0.310. The van der Waals surface area contributed by atoms with Crippen molar-refractivity contribution in [2.24, 2.45) is 0 Å². The van der Waals surface area contributed by atoms with Crippen LogP contribution >= 0.6 is 8.60 Å². The van der Waals surface area contributed by atoms with Crippen LogP contribution in [0, 0.1) is 0 Å². The van der Waals surface area contributed by atoms with E-state index in [-0.39, 0.29) is 6.10 Å². The largest absolute Gasteiger partial charge is 0.328 e. The zero-order valence-corrected chi connectivity index (χ0v) is 4.64. The maximum absolute atomic E-state index is 8.16. The maximum atomic E-state index is 8.16. The lowest BCUT2D eigenvalue weighted by molar-refractivity contribution is 0.244. The van der Waals surface area contributed by atoms with E-state index in [2.05, 4.69) is 4.52 Å². The van der Waals surface area contributed by atoms with Crippen LogP contribution in [0.25, 0.3) is 0 Å². The fourth-order valence-corrected chi connectivity index (χ4v) is 0.784. The number of rotatable bonds is 2. The van der Waals surface area contributed by atoms with Gasteiger partial charge in [0.2, 0.25) is 0 Å². The van der Waals surface area contributed by atoms with Crippen molar-refractivity contribution in [1.82, 2.24) is 0 Å². The van der Waals surface area contributed by atoms with Crippen molar-refractivity contribution < 1.29 is 14.3 Å². The Morgan fingerprint density at radius 2 is 2.00 bits per heavy atom. The van der Waals surface area contributed by atoms with Gasteiger partial charge in [0.25, 0.3) is 0 Å². The second-order valence-corrected chi connectivity index (χ2v) is 2.27. The summed E-state index contributed by atoms with van der Waals surface area (Å²) in [5.41, 5.74) is 0. The molecule has 0 aromatic heterocycles. The highest BCUT2D eigenvalue weighted by atomic mass is 31.2. The molecule has 1 fully saturated rings. The van der Waals surface area contributed by atoms with Crippen molar-refractivity contribution in [3.8, 4) is 0 Å². The average molecular weight is 122 g/mol. The molecule has 0 bridgehead atoms. The Bertz CT molecular complexity index is 61.2. The van der Waals surface area contributed by atoms with E-state index in [1.165, 1.54) is 0 Å². The standard InChI is InChI=1S/C3H7O3P/c4-7(5)6-3-1-2-3/h3-5H,1-2H2. The molecule has 0 saturated heterocycles. The Morgan fingerprint density at radius 1 is 1.43 bits per heavy atom. The van der Waals surface area contributed by atoms with Crippen LogP contribution in [0.2, 0.25) is 0 Å². The van der Waals surface area contributed by atoms with Crippen molar-refractivity contribution >= 4 is 8.60 Å². The molecule has 0 aromatic rings. The summed E-state index contributed by atoms with van der Waals surface area (Å²) in [5, 5.41) is 0. The maximum Gasteiger partial charge on any atom is 0.327 e. The predicted molar refractivity (Wildman–Crippen MR) is 25.5 cm³/mol. The van der Waals surface area contributed by atoms with Crippen molar-refractivity contribution in [3.63, 3.8) is 0 Å². The summed E-state index contributed by atoms with van der Waals surface area (Å²) in [6, 6.07) is 0. The van der Waals surface area contributed by atoms with E-state index in [0.717, 1.165) is 12.8 Å². The lowest BCUT2D eigenvalue weighted by Crippen LogP contribution is -1.83. The fourth-order valence-electron chi connectivity index (χ4n) is 0.307. The van der Waals surface area contributed by atoms with E-state index in [0.29, 0.717) is 0 Å². The minimum atomic E-state index is -2.08. The van der Waals surface area contributed by atoms with Gasteiger partial charge in [-0.05, 0) is 12.8 Å².